The summed E-state index contributed by atoms with van der Waals surface area (Å²) >= 11 is 0. The summed E-state index contributed by atoms with van der Waals surface area (Å²) in [5.41, 5.74) is 0. The lowest BCUT2D eigenvalue weighted by molar-refractivity contribution is -0.139. The fourth-order valence-electron chi connectivity index (χ4n) is 1.62. The van der Waals surface area contributed by atoms with Crippen molar-refractivity contribution < 1.29 is 19.4 Å². The minimum atomic E-state index is -1.06. The molecule has 3 N–H and O–H groups in total. The zero-order valence-electron chi connectivity index (χ0n) is 9.65. The average molecular weight is 242 g/mol. The van der Waals surface area contributed by atoms with Crippen LogP contribution in [0.25, 0.3) is 0 Å². The van der Waals surface area contributed by atoms with E-state index in [4.69, 9.17) is 9.84 Å². The van der Waals surface area contributed by atoms with Gasteiger partial charge < -0.3 is 20.5 Å². The van der Waals surface area contributed by atoms with E-state index in [0.29, 0.717) is 13.2 Å². The number of urea groups is 1. The molecule has 0 spiro atoms. The number of amides is 2. The third kappa shape index (κ3) is 4.86. The first-order chi connectivity index (χ1) is 8.13. The Hall–Kier alpha value is -1.56. The lowest BCUT2D eigenvalue weighted by Gasteiger charge is -2.24. The smallest absolute Gasteiger partial charge is 0.326 e. The maximum atomic E-state index is 11.5. The predicted octanol–water partition coefficient (Wildman–Crippen LogP) is 0.494. The van der Waals surface area contributed by atoms with Gasteiger partial charge in [0.15, 0.2) is 0 Å². The molecule has 0 radical (unpaired) electrons. The predicted molar refractivity (Wildman–Crippen MR) is 61.7 cm³/mol. The number of ether oxygens (including phenoxy) is 1. The molecule has 1 saturated heterocycles. The molecule has 1 aliphatic rings. The second-order valence-corrected chi connectivity index (χ2v) is 3.92. The average Bonchev–Trinajstić information content (AvgIpc) is 2.29. The van der Waals surface area contributed by atoms with Gasteiger partial charge in [-0.25, -0.2) is 9.59 Å². The highest BCUT2D eigenvalue weighted by atomic mass is 16.5. The third-order valence-electron chi connectivity index (χ3n) is 2.56. The van der Waals surface area contributed by atoms with E-state index in [1.807, 2.05) is 0 Å². The van der Waals surface area contributed by atoms with Crippen LogP contribution in [0.15, 0.2) is 12.7 Å². The van der Waals surface area contributed by atoms with E-state index in [0.717, 1.165) is 12.8 Å². The van der Waals surface area contributed by atoms with Crippen LogP contribution in [0.2, 0.25) is 0 Å². The highest BCUT2D eigenvalue weighted by Crippen LogP contribution is 2.05. The Morgan fingerprint density at radius 3 is 2.65 bits per heavy atom. The van der Waals surface area contributed by atoms with Gasteiger partial charge in [0.1, 0.15) is 6.04 Å². The summed E-state index contributed by atoms with van der Waals surface area (Å²) < 4.78 is 5.16. The van der Waals surface area contributed by atoms with Crippen LogP contribution in [0.4, 0.5) is 4.79 Å². The molecular weight excluding hydrogens is 224 g/mol. The molecule has 6 heteroatoms. The summed E-state index contributed by atoms with van der Waals surface area (Å²) in [6.07, 6.45) is 3.18. The molecule has 0 bridgehead atoms. The SMILES string of the molecule is C=CCC(NC(=O)NC1CCOCC1)C(=O)O. The van der Waals surface area contributed by atoms with E-state index < -0.39 is 18.0 Å². The van der Waals surface area contributed by atoms with Crippen molar-refractivity contribution in [3.05, 3.63) is 12.7 Å². The van der Waals surface area contributed by atoms with E-state index >= 15 is 0 Å². The largest absolute Gasteiger partial charge is 0.480 e. The Morgan fingerprint density at radius 2 is 2.12 bits per heavy atom. The second-order valence-electron chi connectivity index (χ2n) is 3.92. The van der Waals surface area contributed by atoms with E-state index in [1.165, 1.54) is 6.08 Å². The molecule has 2 amide bonds. The van der Waals surface area contributed by atoms with Crippen molar-refractivity contribution in [2.75, 3.05) is 13.2 Å². The zero-order valence-corrected chi connectivity index (χ0v) is 9.65. The molecular formula is C11H18N2O4. The first kappa shape index (κ1) is 13.5. The molecule has 17 heavy (non-hydrogen) atoms. The maximum absolute atomic E-state index is 11.5. The van der Waals surface area contributed by atoms with Crippen molar-refractivity contribution in [3.63, 3.8) is 0 Å². The van der Waals surface area contributed by atoms with Crippen LogP contribution in [0.5, 0.6) is 0 Å². The number of hydrogen-bond donors (Lipinski definition) is 3. The molecule has 1 fully saturated rings. The standard InChI is InChI=1S/C11H18N2O4/c1-2-3-9(10(14)15)13-11(16)12-8-4-6-17-7-5-8/h2,8-9H,1,3-7H2,(H,14,15)(H2,12,13,16). The number of hydrogen-bond acceptors (Lipinski definition) is 3. The lowest BCUT2D eigenvalue weighted by Crippen LogP contribution is -2.50. The minimum absolute atomic E-state index is 0.0573. The molecule has 0 aliphatic carbocycles. The van der Waals surface area contributed by atoms with Crippen molar-refractivity contribution in [2.24, 2.45) is 0 Å². The van der Waals surface area contributed by atoms with Crippen LogP contribution in [0, 0.1) is 0 Å². The van der Waals surface area contributed by atoms with Gasteiger partial charge in [-0.3, -0.25) is 0 Å². The number of carbonyl (C=O) groups is 2. The number of aliphatic carboxylic acids is 1. The highest BCUT2D eigenvalue weighted by molar-refractivity contribution is 5.82. The first-order valence-corrected chi connectivity index (χ1v) is 5.62. The van der Waals surface area contributed by atoms with E-state index in [9.17, 15) is 9.59 Å². The lowest BCUT2D eigenvalue weighted by atomic mass is 10.1. The summed E-state index contributed by atoms with van der Waals surface area (Å²) in [7, 11) is 0. The Balaban J connectivity index is 2.35. The number of carbonyl (C=O) groups excluding carboxylic acids is 1. The van der Waals surface area contributed by atoms with Crippen molar-refractivity contribution in [3.8, 4) is 0 Å². The zero-order chi connectivity index (χ0) is 12.7. The molecule has 96 valence electrons. The van der Waals surface area contributed by atoms with Gasteiger partial charge in [0.25, 0.3) is 0 Å². The summed E-state index contributed by atoms with van der Waals surface area (Å²) in [5, 5.41) is 14.0. The molecule has 0 aromatic carbocycles. The molecule has 1 rings (SSSR count). The molecule has 1 atom stereocenters. The fourth-order valence-corrected chi connectivity index (χ4v) is 1.62. The summed E-state index contributed by atoms with van der Waals surface area (Å²) in [6.45, 7) is 4.70. The molecule has 0 aromatic rings. The molecule has 6 nitrogen and oxygen atoms in total. The Morgan fingerprint density at radius 1 is 1.47 bits per heavy atom. The normalized spacial score (nSPS) is 18.1. The molecule has 1 heterocycles. The molecule has 0 aromatic heterocycles. The first-order valence-electron chi connectivity index (χ1n) is 5.62. The van der Waals surface area contributed by atoms with Gasteiger partial charge in [0.2, 0.25) is 0 Å². The van der Waals surface area contributed by atoms with Gasteiger partial charge >= 0.3 is 12.0 Å². The summed E-state index contributed by atoms with van der Waals surface area (Å²) in [5.74, 6) is -1.06. The molecule has 0 saturated carbocycles. The van der Waals surface area contributed by atoms with Crippen molar-refractivity contribution in [2.45, 2.75) is 31.3 Å². The van der Waals surface area contributed by atoms with Gasteiger partial charge in [-0.05, 0) is 19.3 Å². The van der Waals surface area contributed by atoms with E-state index in [-0.39, 0.29) is 12.5 Å². The van der Waals surface area contributed by atoms with E-state index in [2.05, 4.69) is 17.2 Å². The minimum Gasteiger partial charge on any atom is -0.480 e. The molecule has 1 aliphatic heterocycles. The summed E-state index contributed by atoms with van der Waals surface area (Å²) in [6, 6.07) is -1.32. The van der Waals surface area contributed by atoms with E-state index in [1.54, 1.807) is 0 Å². The van der Waals surface area contributed by atoms with Crippen LogP contribution in [0.3, 0.4) is 0 Å². The van der Waals surface area contributed by atoms with Gasteiger partial charge in [-0.1, -0.05) is 6.08 Å². The van der Waals surface area contributed by atoms with Gasteiger partial charge in [0, 0.05) is 19.3 Å². The van der Waals surface area contributed by atoms with Crippen LogP contribution in [-0.4, -0.2) is 42.4 Å². The Bertz CT molecular complexity index is 287. The van der Waals surface area contributed by atoms with Gasteiger partial charge in [0.05, 0.1) is 0 Å². The number of carboxylic acid groups (broad SMARTS) is 1. The highest BCUT2D eigenvalue weighted by Gasteiger charge is 2.21. The van der Waals surface area contributed by atoms with Crippen molar-refractivity contribution in [1.29, 1.82) is 0 Å². The third-order valence-corrected chi connectivity index (χ3v) is 2.56. The topological polar surface area (TPSA) is 87.7 Å². The monoisotopic (exact) mass is 242 g/mol. The summed E-state index contributed by atoms with van der Waals surface area (Å²) in [4.78, 5) is 22.3. The van der Waals surface area contributed by atoms with Crippen LogP contribution < -0.4 is 10.6 Å². The number of carboxylic acids is 1. The quantitative estimate of drug-likeness (QED) is 0.612. The number of rotatable bonds is 5. The van der Waals surface area contributed by atoms with Gasteiger partial charge in [-0.2, -0.15) is 0 Å². The fraction of sp³-hybridized carbons (Fsp3) is 0.636. The number of nitrogens with one attached hydrogen (secondary N) is 2. The second kappa shape index (κ2) is 6.90. The Labute approximate surface area is 100 Å². The van der Waals surface area contributed by atoms with Crippen molar-refractivity contribution >= 4 is 12.0 Å². The molecule has 1 unspecified atom stereocenters. The van der Waals surface area contributed by atoms with Crippen LogP contribution in [-0.2, 0) is 9.53 Å². The van der Waals surface area contributed by atoms with Gasteiger partial charge in [-0.15, -0.1) is 6.58 Å². The van der Waals surface area contributed by atoms with Crippen LogP contribution >= 0.6 is 0 Å². The van der Waals surface area contributed by atoms with Crippen molar-refractivity contribution in [1.82, 2.24) is 10.6 Å². The Kier molecular flexibility index (Phi) is 5.48. The van der Waals surface area contributed by atoms with Crippen LogP contribution in [0.1, 0.15) is 19.3 Å². The maximum Gasteiger partial charge on any atom is 0.326 e.